The molecule has 0 N–H and O–H groups in total. The summed E-state index contributed by atoms with van der Waals surface area (Å²) in [5, 5.41) is 23.1. The third-order valence-corrected chi connectivity index (χ3v) is 5.95. The first-order chi connectivity index (χ1) is 14.6. The average Bonchev–Trinajstić information content (AvgIpc) is 3.38. The summed E-state index contributed by atoms with van der Waals surface area (Å²) < 4.78 is 0. The second kappa shape index (κ2) is 7.40. The molecule has 30 heavy (non-hydrogen) atoms. The minimum Gasteiger partial charge on any atom is -0.258 e. The summed E-state index contributed by atoms with van der Waals surface area (Å²) >= 11 is 8.07. The summed E-state index contributed by atoms with van der Waals surface area (Å²) in [7, 11) is 0. The summed E-state index contributed by atoms with van der Waals surface area (Å²) in [6, 6.07) is 12.7. The van der Waals surface area contributed by atoms with Crippen LogP contribution in [0.25, 0.3) is 33.1 Å². The maximum atomic E-state index is 11.7. The second-order valence-electron chi connectivity index (χ2n) is 6.60. The highest BCUT2D eigenvalue weighted by atomic mass is 35.5. The van der Waals surface area contributed by atoms with Crippen molar-refractivity contribution in [3.63, 3.8) is 0 Å². The Morgan fingerprint density at radius 3 is 2.70 bits per heavy atom. The Balaban J connectivity index is 1.89. The molecule has 3 aromatic heterocycles. The maximum absolute atomic E-state index is 11.7. The lowest BCUT2D eigenvalue weighted by Gasteiger charge is -2.05. The molecular formula is C21H12ClN5O2S. The molecule has 146 valence electrons. The quantitative estimate of drug-likeness (QED) is 0.276. The molecule has 0 atom stereocenters. The molecule has 5 rings (SSSR count). The number of benzene rings is 2. The van der Waals surface area contributed by atoms with E-state index in [-0.39, 0.29) is 11.2 Å². The third-order valence-electron chi connectivity index (χ3n) is 4.75. The maximum Gasteiger partial charge on any atom is 0.298 e. The van der Waals surface area contributed by atoms with Gasteiger partial charge in [0.25, 0.3) is 5.69 Å². The van der Waals surface area contributed by atoms with E-state index in [0.29, 0.717) is 39.0 Å². The summed E-state index contributed by atoms with van der Waals surface area (Å²) in [6.07, 6.45) is 3.79. The van der Waals surface area contributed by atoms with Crippen LogP contribution >= 0.6 is 22.9 Å². The Labute approximate surface area is 179 Å². The van der Waals surface area contributed by atoms with Crippen LogP contribution in [0.4, 0.5) is 5.69 Å². The molecule has 0 fully saturated rings. The van der Waals surface area contributed by atoms with Gasteiger partial charge in [-0.05, 0) is 17.5 Å². The van der Waals surface area contributed by atoms with Crippen LogP contribution in [0.15, 0.2) is 60.2 Å². The first-order valence-corrected chi connectivity index (χ1v) is 10.2. The highest BCUT2D eigenvalue weighted by Crippen LogP contribution is 2.37. The largest absolute Gasteiger partial charge is 0.298 e. The normalized spacial score (nSPS) is 11.2. The van der Waals surface area contributed by atoms with E-state index in [4.69, 9.17) is 16.6 Å². The smallest absolute Gasteiger partial charge is 0.258 e. The molecular weight excluding hydrogens is 422 g/mol. The molecule has 0 unspecified atom stereocenters. The van der Waals surface area contributed by atoms with Gasteiger partial charge in [-0.3, -0.25) is 15.1 Å². The zero-order valence-electron chi connectivity index (χ0n) is 15.3. The number of fused-ring (bicyclic) bond motifs is 3. The summed E-state index contributed by atoms with van der Waals surface area (Å²) in [4.78, 5) is 21.9. The van der Waals surface area contributed by atoms with Crippen LogP contribution in [0, 0.1) is 10.1 Å². The molecule has 0 saturated carbocycles. The number of non-ortho nitro benzene ring substituents is 1. The minimum absolute atomic E-state index is 0.141. The Kier molecular flexibility index (Phi) is 4.57. The van der Waals surface area contributed by atoms with Crippen molar-refractivity contribution < 1.29 is 4.92 Å². The van der Waals surface area contributed by atoms with Crippen LogP contribution in [-0.4, -0.2) is 25.1 Å². The van der Waals surface area contributed by atoms with Crippen molar-refractivity contribution in [1.29, 1.82) is 0 Å². The van der Waals surface area contributed by atoms with Gasteiger partial charge in [0, 0.05) is 39.5 Å². The number of halogens is 1. The molecule has 3 heterocycles. The standard InChI is InChI=1S/C21H12ClN5O2S/c22-17-6-2-1-5-14(17)19-15-9-18(27(28)29)21-16(11-24-26-21)20(15)25-12(10-23-19)8-13-4-3-7-30-13/h1-7,9-11H,8H2. The van der Waals surface area contributed by atoms with E-state index in [9.17, 15) is 10.1 Å². The SMILES string of the molecule is O=[N+]([O-])c1cc2c(-c3ccccc3Cl)ncc(Cc3cccs3)nc2c2cnnc12. The lowest BCUT2D eigenvalue weighted by molar-refractivity contribution is -0.383. The van der Waals surface area contributed by atoms with Crippen molar-refractivity contribution >= 4 is 50.4 Å². The van der Waals surface area contributed by atoms with Crippen LogP contribution in [0.5, 0.6) is 0 Å². The van der Waals surface area contributed by atoms with Crippen molar-refractivity contribution in [2.45, 2.75) is 6.42 Å². The molecule has 0 bridgehead atoms. The van der Waals surface area contributed by atoms with Gasteiger partial charge in [-0.2, -0.15) is 5.10 Å². The number of nitro benzene ring substituents is 1. The molecule has 0 aliphatic heterocycles. The Morgan fingerprint density at radius 1 is 1.07 bits per heavy atom. The van der Waals surface area contributed by atoms with Gasteiger partial charge in [0.2, 0.25) is 0 Å². The van der Waals surface area contributed by atoms with E-state index in [1.54, 1.807) is 23.6 Å². The van der Waals surface area contributed by atoms with Gasteiger partial charge in [-0.15, -0.1) is 16.4 Å². The van der Waals surface area contributed by atoms with Crippen LogP contribution < -0.4 is 0 Å². The van der Waals surface area contributed by atoms with E-state index in [0.717, 1.165) is 10.6 Å². The number of hydrogen-bond acceptors (Lipinski definition) is 7. The summed E-state index contributed by atoms with van der Waals surface area (Å²) in [5.74, 6) is 0. The van der Waals surface area contributed by atoms with Gasteiger partial charge in [0.15, 0.2) is 5.52 Å². The van der Waals surface area contributed by atoms with E-state index < -0.39 is 4.92 Å². The fourth-order valence-electron chi connectivity index (χ4n) is 3.41. The van der Waals surface area contributed by atoms with E-state index in [1.807, 2.05) is 35.7 Å². The van der Waals surface area contributed by atoms with Crippen LogP contribution in [0.1, 0.15) is 10.6 Å². The second-order valence-corrected chi connectivity index (χ2v) is 8.04. The van der Waals surface area contributed by atoms with Gasteiger partial charge >= 0.3 is 0 Å². The van der Waals surface area contributed by atoms with Crippen molar-refractivity contribution in [3.05, 3.63) is 85.9 Å². The molecule has 5 aromatic rings. The van der Waals surface area contributed by atoms with Crippen molar-refractivity contribution in [3.8, 4) is 11.3 Å². The predicted octanol–water partition coefficient (Wildman–Crippen LogP) is 5.45. The summed E-state index contributed by atoms with van der Waals surface area (Å²) in [5.41, 5.74) is 2.55. The number of nitrogens with zero attached hydrogens (tertiary/aromatic N) is 5. The lowest BCUT2D eigenvalue weighted by atomic mass is 10.0. The lowest BCUT2D eigenvalue weighted by Crippen LogP contribution is -1.92. The first-order valence-electron chi connectivity index (χ1n) is 8.97. The Morgan fingerprint density at radius 2 is 1.93 bits per heavy atom. The van der Waals surface area contributed by atoms with E-state index in [2.05, 4.69) is 15.2 Å². The molecule has 0 aliphatic rings. The highest BCUT2D eigenvalue weighted by Gasteiger charge is 2.22. The molecule has 9 heteroatoms. The highest BCUT2D eigenvalue weighted by molar-refractivity contribution is 7.09. The molecule has 2 aromatic carbocycles. The zero-order chi connectivity index (χ0) is 20.7. The first kappa shape index (κ1) is 18.5. The van der Waals surface area contributed by atoms with Gasteiger partial charge in [0.05, 0.1) is 33.4 Å². The zero-order valence-corrected chi connectivity index (χ0v) is 16.9. The number of aromatic nitrogens is 4. The van der Waals surface area contributed by atoms with Gasteiger partial charge < -0.3 is 0 Å². The Hall–Kier alpha value is -3.49. The minimum atomic E-state index is -0.466. The average molecular weight is 434 g/mol. The van der Waals surface area contributed by atoms with Crippen molar-refractivity contribution in [2.75, 3.05) is 0 Å². The van der Waals surface area contributed by atoms with Crippen molar-refractivity contribution in [1.82, 2.24) is 20.2 Å². The van der Waals surface area contributed by atoms with Crippen LogP contribution in [0.2, 0.25) is 5.02 Å². The van der Waals surface area contributed by atoms with Crippen LogP contribution in [-0.2, 0) is 6.42 Å². The van der Waals surface area contributed by atoms with Gasteiger partial charge in [-0.1, -0.05) is 35.9 Å². The van der Waals surface area contributed by atoms with E-state index >= 15 is 0 Å². The molecule has 0 aliphatic carbocycles. The fourth-order valence-corrected chi connectivity index (χ4v) is 4.35. The predicted molar refractivity (Wildman–Crippen MR) is 117 cm³/mol. The molecule has 0 amide bonds. The fraction of sp³-hybridized carbons (Fsp3) is 0.0476. The molecule has 0 saturated heterocycles. The molecule has 0 spiro atoms. The molecule has 0 radical (unpaired) electrons. The van der Waals surface area contributed by atoms with Gasteiger partial charge in [-0.25, -0.2) is 4.98 Å². The number of thiophene rings is 1. The molecule has 7 nitrogen and oxygen atoms in total. The topological polar surface area (TPSA) is 94.7 Å². The van der Waals surface area contributed by atoms with Crippen molar-refractivity contribution in [2.24, 2.45) is 0 Å². The number of nitro groups is 1. The third kappa shape index (κ3) is 3.16. The summed E-state index contributed by atoms with van der Waals surface area (Å²) in [6.45, 7) is 0. The Bertz CT molecular complexity index is 1420. The van der Waals surface area contributed by atoms with Crippen LogP contribution in [0.3, 0.4) is 0 Å². The van der Waals surface area contributed by atoms with E-state index in [1.165, 1.54) is 12.3 Å². The van der Waals surface area contributed by atoms with Gasteiger partial charge in [0.1, 0.15) is 0 Å². The number of rotatable bonds is 4. The monoisotopic (exact) mass is 433 g/mol. The number of hydrogen-bond donors (Lipinski definition) is 0.